The minimum absolute atomic E-state index is 0.209. The van der Waals surface area contributed by atoms with E-state index in [2.05, 4.69) is 5.32 Å². The second-order valence-corrected chi connectivity index (χ2v) is 10.1. The molecule has 0 spiro atoms. The van der Waals surface area contributed by atoms with E-state index in [0.717, 1.165) is 16.7 Å². The van der Waals surface area contributed by atoms with Gasteiger partial charge in [0.1, 0.15) is 17.7 Å². The van der Waals surface area contributed by atoms with Gasteiger partial charge in [0.15, 0.2) is 12.2 Å². The first-order valence-electron chi connectivity index (χ1n) is 13.9. The summed E-state index contributed by atoms with van der Waals surface area (Å²) in [7, 11) is 0. The van der Waals surface area contributed by atoms with Crippen LogP contribution in [0.3, 0.4) is 0 Å². The van der Waals surface area contributed by atoms with E-state index >= 15 is 0 Å². The molecule has 1 saturated heterocycles. The fourth-order valence-electron chi connectivity index (χ4n) is 5.33. The standard InChI is InChI=1S/C33H35NO9/c1-21(35)34-29-31(41-23(3)37)30(40-22(2)36)28(43-32(29)42-24(4)38)20-39-33(25-14-8-5-9-15-25,26-16-10-6-11-17-26)27-18-12-7-13-19-27/h5-19,28-32H,20H2,1-4H3,(H,34,35)/t28-,29-,30-,31-,32+/m1/s1. The monoisotopic (exact) mass is 589 g/mol. The van der Waals surface area contributed by atoms with Crippen molar-refractivity contribution in [3.05, 3.63) is 108 Å². The predicted octanol–water partition coefficient (Wildman–Crippen LogP) is 3.65. The van der Waals surface area contributed by atoms with E-state index < -0.39 is 60.1 Å². The summed E-state index contributed by atoms with van der Waals surface area (Å²) in [6.07, 6.45) is -4.98. The summed E-state index contributed by atoms with van der Waals surface area (Å²) in [4.78, 5) is 48.7. The van der Waals surface area contributed by atoms with Crippen LogP contribution in [0.25, 0.3) is 0 Å². The van der Waals surface area contributed by atoms with Gasteiger partial charge in [-0.1, -0.05) is 91.0 Å². The summed E-state index contributed by atoms with van der Waals surface area (Å²) in [5.41, 5.74) is 1.29. The number of amides is 1. The first-order chi connectivity index (χ1) is 20.6. The number of hydrogen-bond donors (Lipinski definition) is 1. The van der Waals surface area contributed by atoms with Crippen LogP contribution in [0.5, 0.6) is 0 Å². The fraction of sp³-hybridized carbons (Fsp3) is 0.333. The normalized spacial score (nSPS) is 21.7. The number of carbonyl (C=O) groups excluding carboxylic acids is 4. The molecule has 226 valence electrons. The molecule has 1 N–H and O–H groups in total. The summed E-state index contributed by atoms with van der Waals surface area (Å²) in [5.74, 6) is -2.58. The Hall–Kier alpha value is -4.54. The predicted molar refractivity (Wildman–Crippen MR) is 154 cm³/mol. The first-order valence-corrected chi connectivity index (χ1v) is 13.9. The van der Waals surface area contributed by atoms with Crippen molar-refractivity contribution in [2.24, 2.45) is 0 Å². The molecule has 1 aliphatic rings. The third-order valence-corrected chi connectivity index (χ3v) is 6.91. The van der Waals surface area contributed by atoms with Crippen molar-refractivity contribution in [2.75, 3.05) is 6.61 Å². The second kappa shape index (κ2) is 14.1. The van der Waals surface area contributed by atoms with Gasteiger partial charge in [-0.25, -0.2) is 0 Å². The molecular formula is C33H35NO9. The zero-order valence-corrected chi connectivity index (χ0v) is 24.4. The van der Waals surface area contributed by atoms with Gasteiger partial charge < -0.3 is 29.0 Å². The lowest BCUT2D eigenvalue weighted by molar-refractivity contribution is -0.275. The average Bonchev–Trinajstić information content (AvgIpc) is 2.97. The molecule has 1 heterocycles. The lowest BCUT2D eigenvalue weighted by Crippen LogP contribution is -2.67. The number of esters is 3. The maximum atomic E-state index is 12.3. The van der Waals surface area contributed by atoms with Crippen molar-refractivity contribution in [1.29, 1.82) is 0 Å². The summed E-state index contributed by atoms with van der Waals surface area (Å²) < 4.78 is 29.7. The minimum Gasteiger partial charge on any atom is -0.456 e. The van der Waals surface area contributed by atoms with Crippen molar-refractivity contribution >= 4 is 23.8 Å². The molecule has 0 radical (unpaired) electrons. The molecule has 3 aromatic rings. The van der Waals surface area contributed by atoms with Crippen LogP contribution in [-0.4, -0.2) is 61.1 Å². The van der Waals surface area contributed by atoms with Crippen molar-refractivity contribution < 1.29 is 42.9 Å². The smallest absolute Gasteiger partial charge is 0.305 e. The molecule has 1 fully saturated rings. The van der Waals surface area contributed by atoms with E-state index in [4.69, 9.17) is 23.7 Å². The number of nitrogens with one attached hydrogen (secondary N) is 1. The van der Waals surface area contributed by atoms with Crippen LogP contribution in [0.4, 0.5) is 0 Å². The van der Waals surface area contributed by atoms with E-state index in [1.54, 1.807) is 0 Å². The SMILES string of the molecule is CC(=O)N[C@H]1[C@@H](OC(C)=O)O[C@H](COC(c2ccccc2)(c2ccccc2)c2ccccc2)[C@@H](OC(C)=O)[C@@H]1OC(C)=O. The van der Waals surface area contributed by atoms with Crippen molar-refractivity contribution in [1.82, 2.24) is 5.32 Å². The molecule has 3 aromatic carbocycles. The number of rotatable bonds is 10. The Kier molecular flexibility index (Phi) is 10.3. The van der Waals surface area contributed by atoms with Crippen LogP contribution in [-0.2, 0) is 48.5 Å². The fourth-order valence-corrected chi connectivity index (χ4v) is 5.33. The van der Waals surface area contributed by atoms with Gasteiger partial charge in [0, 0.05) is 27.7 Å². The van der Waals surface area contributed by atoms with Crippen LogP contribution >= 0.6 is 0 Å². The Morgan fingerprint density at radius 1 is 0.651 bits per heavy atom. The maximum absolute atomic E-state index is 12.3. The molecule has 0 unspecified atom stereocenters. The summed E-state index contributed by atoms with van der Waals surface area (Å²) in [5, 5.41) is 2.62. The Morgan fingerprint density at radius 2 is 1.07 bits per heavy atom. The van der Waals surface area contributed by atoms with Gasteiger partial charge in [0.05, 0.1) is 6.61 Å². The van der Waals surface area contributed by atoms with Crippen molar-refractivity contribution in [3.8, 4) is 0 Å². The molecule has 0 aromatic heterocycles. The molecule has 0 saturated carbocycles. The lowest BCUT2D eigenvalue weighted by Gasteiger charge is -2.45. The molecule has 5 atom stereocenters. The van der Waals surface area contributed by atoms with Crippen LogP contribution < -0.4 is 5.32 Å². The molecule has 10 nitrogen and oxygen atoms in total. The van der Waals surface area contributed by atoms with Gasteiger partial charge in [0.2, 0.25) is 12.2 Å². The van der Waals surface area contributed by atoms with E-state index in [0.29, 0.717) is 0 Å². The Morgan fingerprint density at radius 3 is 1.47 bits per heavy atom. The highest BCUT2D eigenvalue weighted by Gasteiger charge is 2.52. The van der Waals surface area contributed by atoms with Crippen LogP contribution in [0.15, 0.2) is 91.0 Å². The van der Waals surface area contributed by atoms with E-state index in [1.165, 1.54) is 27.7 Å². The van der Waals surface area contributed by atoms with Crippen molar-refractivity contribution in [3.63, 3.8) is 0 Å². The maximum Gasteiger partial charge on any atom is 0.305 e. The van der Waals surface area contributed by atoms with Gasteiger partial charge in [-0.15, -0.1) is 0 Å². The van der Waals surface area contributed by atoms with Crippen molar-refractivity contribution in [2.45, 2.75) is 63.9 Å². The Bertz CT molecular complexity index is 1300. The molecule has 0 aliphatic carbocycles. The van der Waals surface area contributed by atoms with Crippen LogP contribution in [0, 0.1) is 0 Å². The topological polar surface area (TPSA) is 126 Å². The van der Waals surface area contributed by atoms with Crippen LogP contribution in [0.2, 0.25) is 0 Å². The third-order valence-electron chi connectivity index (χ3n) is 6.91. The molecule has 0 bridgehead atoms. The molecule has 10 heteroatoms. The third kappa shape index (κ3) is 7.46. The van der Waals surface area contributed by atoms with Gasteiger partial charge in [-0.05, 0) is 16.7 Å². The van der Waals surface area contributed by atoms with E-state index in [-0.39, 0.29) is 6.61 Å². The molecule has 1 aliphatic heterocycles. The van der Waals surface area contributed by atoms with Gasteiger partial charge in [-0.2, -0.15) is 0 Å². The van der Waals surface area contributed by atoms with Gasteiger partial charge in [-0.3, -0.25) is 19.2 Å². The number of hydrogen-bond acceptors (Lipinski definition) is 9. The zero-order valence-electron chi connectivity index (χ0n) is 24.4. The quantitative estimate of drug-likeness (QED) is 0.214. The molecule has 4 rings (SSSR count). The van der Waals surface area contributed by atoms with E-state index in [1.807, 2.05) is 91.0 Å². The largest absolute Gasteiger partial charge is 0.456 e. The number of carbonyl (C=O) groups is 4. The number of ether oxygens (including phenoxy) is 5. The summed E-state index contributed by atoms with van der Waals surface area (Å²) >= 11 is 0. The highest BCUT2D eigenvalue weighted by Crippen LogP contribution is 2.41. The Labute approximate surface area is 250 Å². The second-order valence-electron chi connectivity index (χ2n) is 10.1. The summed E-state index contributed by atoms with van der Waals surface area (Å²) in [6.45, 7) is 4.61. The molecule has 43 heavy (non-hydrogen) atoms. The lowest BCUT2D eigenvalue weighted by atomic mass is 9.80. The molecular weight excluding hydrogens is 554 g/mol. The summed E-state index contributed by atoms with van der Waals surface area (Å²) in [6, 6.07) is 27.7. The van der Waals surface area contributed by atoms with Crippen LogP contribution in [0.1, 0.15) is 44.4 Å². The van der Waals surface area contributed by atoms with Gasteiger partial charge >= 0.3 is 17.9 Å². The highest BCUT2D eigenvalue weighted by molar-refractivity contribution is 5.74. The van der Waals surface area contributed by atoms with Gasteiger partial charge in [0.25, 0.3) is 0 Å². The number of benzene rings is 3. The minimum atomic E-state index is -1.38. The average molecular weight is 590 g/mol. The van der Waals surface area contributed by atoms with E-state index in [9.17, 15) is 19.2 Å². The Balaban J connectivity index is 1.83. The zero-order chi connectivity index (χ0) is 31.0. The highest BCUT2D eigenvalue weighted by atomic mass is 16.7. The first kappa shape index (κ1) is 31.4. The molecule has 1 amide bonds.